The molecule has 0 amide bonds. The minimum Gasteiger partial charge on any atom is -0.384 e. The molecule has 0 fully saturated rings. The Balaban J connectivity index is 2.73. The molecule has 0 saturated heterocycles. The van der Waals surface area contributed by atoms with Crippen LogP contribution in [0.5, 0.6) is 0 Å². The van der Waals surface area contributed by atoms with Gasteiger partial charge in [-0.15, -0.1) is 0 Å². The summed E-state index contributed by atoms with van der Waals surface area (Å²) in [4.78, 5) is 3.96. The van der Waals surface area contributed by atoms with Gasteiger partial charge in [-0.3, -0.25) is 0 Å². The predicted octanol–water partition coefficient (Wildman–Crippen LogP) is 2.09. The number of aromatic nitrogens is 1. The molecule has 1 aromatic rings. The standard InChI is InChI=1S/C9H12N2/c1-2-3-4-8-5-6-9(10)11-7-8/h3-7H,2H2,1H3,(H2,10,11)/b4-3+. The van der Waals surface area contributed by atoms with Gasteiger partial charge in [-0.05, 0) is 24.1 Å². The third-order valence-corrected chi connectivity index (χ3v) is 1.36. The molecule has 11 heavy (non-hydrogen) atoms. The van der Waals surface area contributed by atoms with Gasteiger partial charge in [0, 0.05) is 6.20 Å². The van der Waals surface area contributed by atoms with Crippen LogP contribution >= 0.6 is 0 Å². The maximum atomic E-state index is 5.42. The number of allylic oxidation sites excluding steroid dienone is 1. The van der Waals surface area contributed by atoms with E-state index in [0.717, 1.165) is 12.0 Å². The molecular formula is C9H12N2. The topological polar surface area (TPSA) is 38.9 Å². The lowest BCUT2D eigenvalue weighted by atomic mass is 10.2. The number of pyridine rings is 1. The van der Waals surface area contributed by atoms with Crippen molar-refractivity contribution in [3.05, 3.63) is 30.0 Å². The van der Waals surface area contributed by atoms with E-state index in [1.165, 1.54) is 0 Å². The molecule has 0 atom stereocenters. The zero-order chi connectivity index (χ0) is 8.10. The molecular weight excluding hydrogens is 136 g/mol. The van der Waals surface area contributed by atoms with Gasteiger partial charge in [0.05, 0.1) is 0 Å². The highest BCUT2D eigenvalue weighted by Crippen LogP contribution is 2.03. The summed E-state index contributed by atoms with van der Waals surface area (Å²) in [5.41, 5.74) is 6.52. The summed E-state index contributed by atoms with van der Waals surface area (Å²) in [6.07, 6.45) is 6.94. The molecule has 1 rings (SSSR count). The first kappa shape index (κ1) is 7.79. The van der Waals surface area contributed by atoms with Gasteiger partial charge in [0.15, 0.2) is 0 Å². The average Bonchev–Trinajstić information content (AvgIpc) is 2.04. The van der Waals surface area contributed by atoms with E-state index < -0.39 is 0 Å². The minimum absolute atomic E-state index is 0.568. The second-order valence-corrected chi connectivity index (χ2v) is 2.33. The lowest BCUT2D eigenvalue weighted by molar-refractivity contribution is 1.23. The van der Waals surface area contributed by atoms with E-state index in [0.29, 0.717) is 5.82 Å². The molecule has 0 unspecified atom stereocenters. The minimum atomic E-state index is 0.568. The van der Waals surface area contributed by atoms with Crippen molar-refractivity contribution in [2.24, 2.45) is 0 Å². The summed E-state index contributed by atoms with van der Waals surface area (Å²) in [6.45, 7) is 2.10. The van der Waals surface area contributed by atoms with Crippen LogP contribution in [-0.2, 0) is 0 Å². The third kappa shape index (κ3) is 2.42. The Morgan fingerprint density at radius 2 is 2.36 bits per heavy atom. The van der Waals surface area contributed by atoms with Crippen LogP contribution in [0.3, 0.4) is 0 Å². The summed E-state index contributed by atoms with van der Waals surface area (Å²) in [5.74, 6) is 0.568. The molecule has 2 N–H and O–H groups in total. The highest BCUT2D eigenvalue weighted by atomic mass is 14.8. The van der Waals surface area contributed by atoms with Crippen molar-refractivity contribution in [1.29, 1.82) is 0 Å². The molecule has 0 aromatic carbocycles. The van der Waals surface area contributed by atoms with Gasteiger partial charge in [0.1, 0.15) is 5.82 Å². The molecule has 58 valence electrons. The van der Waals surface area contributed by atoms with Gasteiger partial charge in [0.25, 0.3) is 0 Å². The summed E-state index contributed by atoms with van der Waals surface area (Å²) in [6, 6.07) is 3.75. The van der Waals surface area contributed by atoms with E-state index in [1.807, 2.05) is 12.1 Å². The lowest BCUT2D eigenvalue weighted by Crippen LogP contribution is -1.87. The molecule has 0 aliphatic heterocycles. The maximum absolute atomic E-state index is 5.42. The van der Waals surface area contributed by atoms with E-state index >= 15 is 0 Å². The molecule has 2 heteroatoms. The van der Waals surface area contributed by atoms with Gasteiger partial charge in [-0.25, -0.2) is 4.98 Å². The van der Waals surface area contributed by atoms with Crippen LogP contribution < -0.4 is 5.73 Å². The van der Waals surface area contributed by atoms with Crippen molar-refractivity contribution in [3.63, 3.8) is 0 Å². The van der Waals surface area contributed by atoms with Crippen molar-refractivity contribution < 1.29 is 0 Å². The van der Waals surface area contributed by atoms with E-state index in [2.05, 4.69) is 18.0 Å². The Morgan fingerprint density at radius 1 is 1.55 bits per heavy atom. The van der Waals surface area contributed by atoms with Gasteiger partial charge >= 0.3 is 0 Å². The zero-order valence-electron chi connectivity index (χ0n) is 6.62. The monoisotopic (exact) mass is 148 g/mol. The number of anilines is 1. The molecule has 0 spiro atoms. The maximum Gasteiger partial charge on any atom is 0.123 e. The second kappa shape index (κ2) is 3.76. The summed E-state index contributed by atoms with van der Waals surface area (Å²) in [5, 5.41) is 0. The summed E-state index contributed by atoms with van der Waals surface area (Å²) >= 11 is 0. The molecule has 0 aliphatic rings. The molecule has 1 heterocycles. The van der Waals surface area contributed by atoms with Crippen LogP contribution in [0.15, 0.2) is 24.4 Å². The normalized spacial score (nSPS) is 10.6. The van der Waals surface area contributed by atoms with Crippen LogP contribution in [0, 0.1) is 0 Å². The van der Waals surface area contributed by atoms with Gasteiger partial charge in [-0.2, -0.15) is 0 Å². The lowest BCUT2D eigenvalue weighted by Gasteiger charge is -1.92. The highest BCUT2D eigenvalue weighted by molar-refractivity contribution is 5.49. The third-order valence-electron chi connectivity index (χ3n) is 1.36. The van der Waals surface area contributed by atoms with Crippen molar-refractivity contribution in [1.82, 2.24) is 4.98 Å². The van der Waals surface area contributed by atoms with E-state index in [9.17, 15) is 0 Å². The van der Waals surface area contributed by atoms with Crippen LogP contribution in [-0.4, -0.2) is 4.98 Å². The zero-order valence-corrected chi connectivity index (χ0v) is 6.62. The van der Waals surface area contributed by atoms with E-state index in [-0.39, 0.29) is 0 Å². The average molecular weight is 148 g/mol. The summed E-state index contributed by atoms with van der Waals surface area (Å²) < 4.78 is 0. The van der Waals surface area contributed by atoms with Crippen molar-refractivity contribution in [2.75, 3.05) is 5.73 Å². The fourth-order valence-corrected chi connectivity index (χ4v) is 0.769. The first-order valence-corrected chi connectivity index (χ1v) is 3.71. The van der Waals surface area contributed by atoms with E-state index in [4.69, 9.17) is 5.73 Å². The van der Waals surface area contributed by atoms with Gasteiger partial charge in [-0.1, -0.05) is 19.1 Å². The van der Waals surface area contributed by atoms with E-state index in [1.54, 1.807) is 12.3 Å². The first-order chi connectivity index (χ1) is 5.33. The van der Waals surface area contributed by atoms with Crippen molar-refractivity contribution >= 4 is 11.9 Å². The quantitative estimate of drug-likeness (QED) is 0.697. The number of nitrogens with zero attached hydrogens (tertiary/aromatic N) is 1. The Bertz CT molecular complexity index is 236. The largest absolute Gasteiger partial charge is 0.384 e. The van der Waals surface area contributed by atoms with Crippen LogP contribution in [0.25, 0.3) is 6.08 Å². The van der Waals surface area contributed by atoms with Crippen LogP contribution in [0.2, 0.25) is 0 Å². The fraction of sp³-hybridized carbons (Fsp3) is 0.222. The Kier molecular flexibility index (Phi) is 2.66. The molecule has 0 aliphatic carbocycles. The SMILES string of the molecule is CC/C=C/c1ccc(N)nc1. The van der Waals surface area contributed by atoms with Gasteiger partial charge in [0.2, 0.25) is 0 Å². The molecule has 0 bridgehead atoms. The van der Waals surface area contributed by atoms with Crippen molar-refractivity contribution in [3.8, 4) is 0 Å². The summed E-state index contributed by atoms with van der Waals surface area (Å²) in [7, 11) is 0. The molecule has 0 radical (unpaired) electrons. The van der Waals surface area contributed by atoms with Crippen molar-refractivity contribution in [2.45, 2.75) is 13.3 Å². The predicted molar refractivity (Wildman–Crippen MR) is 48.0 cm³/mol. The fourth-order valence-electron chi connectivity index (χ4n) is 0.769. The first-order valence-electron chi connectivity index (χ1n) is 3.71. The Hall–Kier alpha value is -1.31. The number of nitrogen functional groups attached to an aromatic ring is 1. The van der Waals surface area contributed by atoms with Crippen LogP contribution in [0.4, 0.5) is 5.82 Å². The smallest absolute Gasteiger partial charge is 0.123 e. The highest BCUT2D eigenvalue weighted by Gasteiger charge is 1.85. The molecule has 2 nitrogen and oxygen atoms in total. The number of rotatable bonds is 2. The second-order valence-electron chi connectivity index (χ2n) is 2.33. The Morgan fingerprint density at radius 3 is 2.91 bits per heavy atom. The molecule has 1 aromatic heterocycles. The van der Waals surface area contributed by atoms with Gasteiger partial charge < -0.3 is 5.73 Å². The number of hydrogen-bond donors (Lipinski definition) is 1. The molecule has 0 saturated carbocycles. The number of hydrogen-bond acceptors (Lipinski definition) is 2. The van der Waals surface area contributed by atoms with Crippen LogP contribution in [0.1, 0.15) is 18.9 Å². The Labute approximate surface area is 66.8 Å². The number of nitrogens with two attached hydrogens (primary N) is 1.